The van der Waals surface area contributed by atoms with E-state index in [0.29, 0.717) is 29.2 Å². The van der Waals surface area contributed by atoms with Crippen LogP contribution in [0.25, 0.3) is 0 Å². The molecule has 1 fully saturated rings. The van der Waals surface area contributed by atoms with Crippen LogP contribution in [0.15, 0.2) is 48.5 Å². The van der Waals surface area contributed by atoms with Gasteiger partial charge in [0, 0.05) is 24.0 Å². The van der Waals surface area contributed by atoms with Crippen LogP contribution in [-0.4, -0.2) is 37.0 Å². The smallest absolute Gasteiger partial charge is 0.338 e. The molecule has 0 N–H and O–H groups in total. The van der Waals surface area contributed by atoms with E-state index in [1.165, 1.54) is 12.7 Å². The minimum atomic E-state index is -0.488. The number of esters is 1. The van der Waals surface area contributed by atoms with Crippen LogP contribution in [0.4, 0.5) is 0 Å². The molecule has 0 bridgehead atoms. The van der Waals surface area contributed by atoms with Crippen molar-refractivity contribution in [3.63, 3.8) is 0 Å². The average molecular weight is 372 g/mol. The van der Waals surface area contributed by atoms with Gasteiger partial charge in [0.1, 0.15) is 0 Å². The lowest BCUT2D eigenvalue weighted by molar-refractivity contribution is 0.0590. The summed E-state index contributed by atoms with van der Waals surface area (Å²) in [5.41, 5.74) is 1.90. The van der Waals surface area contributed by atoms with E-state index in [4.69, 9.17) is 16.3 Å². The minimum absolute atomic E-state index is 0.119. The summed E-state index contributed by atoms with van der Waals surface area (Å²) in [5.74, 6) is -0.339. The van der Waals surface area contributed by atoms with Gasteiger partial charge in [-0.25, -0.2) is 4.79 Å². The van der Waals surface area contributed by atoms with Crippen LogP contribution in [0.3, 0.4) is 0 Å². The van der Waals surface area contributed by atoms with Crippen LogP contribution in [0.2, 0.25) is 5.02 Å². The van der Waals surface area contributed by atoms with Gasteiger partial charge in [0.25, 0.3) is 5.91 Å². The standard InChI is InChI=1S/C21H22ClNO3/c1-26-21(25)19-8-3-2-7-18(19)20(24)23-13-5-4-6-16(14-23)15-9-11-17(22)12-10-15/h2-3,7-12,16H,4-6,13-14H2,1H3. The molecule has 2 aromatic rings. The summed E-state index contributed by atoms with van der Waals surface area (Å²) < 4.78 is 4.82. The second kappa shape index (κ2) is 8.37. The number of ether oxygens (including phenoxy) is 1. The van der Waals surface area contributed by atoms with Crippen molar-refractivity contribution in [3.8, 4) is 0 Å². The van der Waals surface area contributed by atoms with Gasteiger partial charge in [-0.05, 0) is 42.7 Å². The van der Waals surface area contributed by atoms with Crippen LogP contribution >= 0.6 is 11.6 Å². The number of benzene rings is 2. The Hall–Kier alpha value is -2.33. The summed E-state index contributed by atoms with van der Waals surface area (Å²) in [6.07, 6.45) is 3.05. The Labute approximate surface area is 158 Å². The molecule has 5 heteroatoms. The van der Waals surface area contributed by atoms with Crippen LogP contribution in [0, 0.1) is 0 Å². The molecule has 0 spiro atoms. The van der Waals surface area contributed by atoms with Gasteiger partial charge in [-0.15, -0.1) is 0 Å². The Bertz CT molecular complexity index is 788. The molecule has 1 heterocycles. The highest BCUT2D eigenvalue weighted by molar-refractivity contribution is 6.30. The fraction of sp³-hybridized carbons (Fsp3) is 0.333. The first-order valence-electron chi connectivity index (χ1n) is 8.82. The zero-order valence-electron chi connectivity index (χ0n) is 14.8. The number of rotatable bonds is 3. The van der Waals surface area contributed by atoms with Gasteiger partial charge in [-0.3, -0.25) is 4.79 Å². The Morgan fingerprint density at radius 3 is 2.42 bits per heavy atom. The number of likely N-dealkylation sites (tertiary alicyclic amines) is 1. The summed E-state index contributed by atoms with van der Waals surface area (Å²) >= 11 is 5.99. The molecule has 4 nitrogen and oxygen atoms in total. The number of methoxy groups -OCH3 is 1. The molecule has 0 saturated carbocycles. The van der Waals surface area contributed by atoms with Crippen molar-refractivity contribution in [1.29, 1.82) is 0 Å². The Morgan fingerprint density at radius 2 is 1.73 bits per heavy atom. The quantitative estimate of drug-likeness (QED) is 0.744. The molecule has 1 unspecified atom stereocenters. The Balaban J connectivity index is 1.85. The number of hydrogen-bond acceptors (Lipinski definition) is 3. The Morgan fingerprint density at radius 1 is 1.04 bits per heavy atom. The second-order valence-electron chi connectivity index (χ2n) is 6.53. The predicted molar refractivity (Wildman–Crippen MR) is 102 cm³/mol. The Kier molecular flexibility index (Phi) is 5.94. The summed E-state index contributed by atoms with van der Waals surface area (Å²) in [4.78, 5) is 27.0. The van der Waals surface area contributed by atoms with Crippen LogP contribution in [0.5, 0.6) is 0 Å². The first-order valence-corrected chi connectivity index (χ1v) is 9.20. The normalized spacial score (nSPS) is 17.5. The van der Waals surface area contributed by atoms with E-state index in [9.17, 15) is 9.59 Å². The molecule has 3 rings (SSSR count). The van der Waals surface area contributed by atoms with E-state index < -0.39 is 5.97 Å². The van der Waals surface area contributed by atoms with Crippen molar-refractivity contribution in [2.75, 3.05) is 20.2 Å². The van der Waals surface area contributed by atoms with Crippen molar-refractivity contribution >= 4 is 23.5 Å². The van der Waals surface area contributed by atoms with Crippen molar-refractivity contribution in [1.82, 2.24) is 4.90 Å². The largest absolute Gasteiger partial charge is 0.465 e. The van der Waals surface area contributed by atoms with E-state index in [0.717, 1.165) is 19.3 Å². The van der Waals surface area contributed by atoms with Crippen molar-refractivity contribution in [2.45, 2.75) is 25.2 Å². The molecule has 136 valence electrons. The first kappa shape index (κ1) is 18.5. The van der Waals surface area contributed by atoms with E-state index >= 15 is 0 Å². The highest BCUT2D eigenvalue weighted by Gasteiger charge is 2.26. The number of nitrogens with zero attached hydrogens (tertiary/aromatic N) is 1. The topological polar surface area (TPSA) is 46.6 Å². The summed E-state index contributed by atoms with van der Waals surface area (Å²) in [6, 6.07) is 14.7. The number of hydrogen-bond donors (Lipinski definition) is 0. The SMILES string of the molecule is COC(=O)c1ccccc1C(=O)N1CCCCC(c2ccc(Cl)cc2)C1. The molecule has 0 aliphatic carbocycles. The van der Waals surface area contributed by atoms with Gasteiger partial charge >= 0.3 is 5.97 Å². The fourth-order valence-electron chi connectivity index (χ4n) is 3.46. The number of amides is 1. The van der Waals surface area contributed by atoms with Crippen molar-refractivity contribution < 1.29 is 14.3 Å². The number of carbonyl (C=O) groups excluding carboxylic acids is 2. The highest BCUT2D eigenvalue weighted by Crippen LogP contribution is 2.28. The lowest BCUT2D eigenvalue weighted by Gasteiger charge is -2.25. The van der Waals surface area contributed by atoms with Crippen LogP contribution in [-0.2, 0) is 4.74 Å². The molecular formula is C21H22ClNO3. The van der Waals surface area contributed by atoms with Crippen molar-refractivity contribution in [3.05, 3.63) is 70.2 Å². The monoisotopic (exact) mass is 371 g/mol. The molecular weight excluding hydrogens is 350 g/mol. The van der Waals surface area contributed by atoms with Crippen molar-refractivity contribution in [2.24, 2.45) is 0 Å². The average Bonchev–Trinajstić information content (AvgIpc) is 2.93. The van der Waals surface area contributed by atoms with E-state index in [-0.39, 0.29) is 11.8 Å². The maximum atomic E-state index is 13.1. The zero-order valence-corrected chi connectivity index (χ0v) is 15.5. The van der Waals surface area contributed by atoms with Gasteiger partial charge < -0.3 is 9.64 Å². The van der Waals surface area contributed by atoms with E-state index in [1.807, 2.05) is 29.2 Å². The van der Waals surface area contributed by atoms with Gasteiger partial charge in [0.15, 0.2) is 0 Å². The molecule has 1 saturated heterocycles. The van der Waals surface area contributed by atoms with Crippen LogP contribution < -0.4 is 0 Å². The molecule has 1 atom stereocenters. The zero-order chi connectivity index (χ0) is 18.5. The third-order valence-electron chi connectivity index (χ3n) is 4.86. The lowest BCUT2D eigenvalue weighted by atomic mass is 9.94. The summed E-state index contributed by atoms with van der Waals surface area (Å²) in [6.45, 7) is 1.33. The van der Waals surface area contributed by atoms with E-state index in [1.54, 1.807) is 24.3 Å². The van der Waals surface area contributed by atoms with Gasteiger partial charge in [-0.2, -0.15) is 0 Å². The molecule has 1 aliphatic heterocycles. The molecule has 1 aliphatic rings. The molecule has 2 aromatic carbocycles. The third kappa shape index (κ3) is 4.07. The highest BCUT2D eigenvalue weighted by atomic mass is 35.5. The summed E-state index contributed by atoms with van der Waals surface area (Å²) in [7, 11) is 1.33. The number of halogens is 1. The first-order chi connectivity index (χ1) is 12.6. The number of carbonyl (C=O) groups is 2. The molecule has 0 aromatic heterocycles. The minimum Gasteiger partial charge on any atom is -0.465 e. The third-order valence-corrected chi connectivity index (χ3v) is 5.11. The van der Waals surface area contributed by atoms with Gasteiger partial charge in [0.05, 0.1) is 18.2 Å². The molecule has 0 radical (unpaired) electrons. The lowest BCUT2D eigenvalue weighted by Crippen LogP contribution is -2.35. The van der Waals surface area contributed by atoms with Gasteiger partial charge in [-0.1, -0.05) is 42.3 Å². The van der Waals surface area contributed by atoms with Crippen LogP contribution in [0.1, 0.15) is 51.5 Å². The molecule has 1 amide bonds. The van der Waals surface area contributed by atoms with Gasteiger partial charge in [0.2, 0.25) is 0 Å². The maximum absolute atomic E-state index is 13.1. The maximum Gasteiger partial charge on any atom is 0.338 e. The summed E-state index contributed by atoms with van der Waals surface area (Å²) in [5, 5.41) is 0.710. The fourth-order valence-corrected chi connectivity index (χ4v) is 3.59. The second-order valence-corrected chi connectivity index (χ2v) is 6.97. The molecule has 26 heavy (non-hydrogen) atoms. The predicted octanol–water partition coefficient (Wildman–Crippen LogP) is 4.54. The van der Waals surface area contributed by atoms with E-state index in [2.05, 4.69) is 0 Å².